The van der Waals surface area contributed by atoms with Crippen LogP contribution in [0.4, 0.5) is 0 Å². The number of aryl methyl sites for hydroxylation is 2. The van der Waals surface area contributed by atoms with E-state index < -0.39 is 0 Å². The van der Waals surface area contributed by atoms with Gasteiger partial charge in [0.15, 0.2) is 0 Å². The summed E-state index contributed by atoms with van der Waals surface area (Å²) in [6, 6.07) is 30.6. The number of unbranched alkanes of at least 4 members (excludes halogenated alkanes) is 7. The van der Waals surface area contributed by atoms with Crippen molar-refractivity contribution < 1.29 is 9.47 Å². The predicted octanol–water partition coefficient (Wildman–Crippen LogP) is 8.89. The van der Waals surface area contributed by atoms with Crippen molar-refractivity contribution in [3.8, 4) is 57.1 Å². The third-order valence-electron chi connectivity index (χ3n) is 9.78. The molecule has 0 saturated carbocycles. The highest BCUT2D eigenvalue weighted by atomic mass is 16.5. The molecule has 14 heteroatoms. The Balaban J connectivity index is 0.710. The van der Waals surface area contributed by atoms with Crippen LogP contribution in [-0.4, -0.2) is 59.9 Å². The van der Waals surface area contributed by atoms with Crippen molar-refractivity contribution in [2.75, 3.05) is 0 Å². The van der Waals surface area contributed by atoms with Crippen LogP contribution in [0.5, 0.6) is 11.5 Å². The van der Waals surface area contributed by atoms with E-state index in [-0.39, 0.29) is 0 Å². The molecule has 0 radical (unpaired) electrons. The minimum absolute atomic E-state index is 0.301. The molecule has 0 N–H and O–H groups in total. The fourth-order valence-electron chi connectivity index (χ4n) is 6.71. The van der Waals surface area contributed by atoms with Crippen LogP contribution in [0.25, 0.3) is 45.6 Å². The first kappa shape index (κ1) is 39.6. The summed E-state index contributed by atoms with van der Waals surface area (Å²) >= 11 is 0. The highest BCUT2D eigenvalue weighted by molar-refractivity contribution is 5.65. The molecule has 8 rings (SSSR count). The number of pyridine rings is 6. The van der Waals surface area contributed by atoms with E-state index in [9.17, 15) is 0 Å². The van der Waals surface area contributed by atoms with Gasteiger partial charge in [0.25, 0.3) is 0 Å². The van der Waals surface area contributed by atoms with Gasteiger partial charge in [0.05, 0.1) is 57.9 Å². The lowest BCUT2D eigenvalue weighted by Gasteiger charge is -2.09. The Hall–Kier alpha value is -7.22. The molecule has 60 heavy (non-hydrogen) atoms. The Kier molecular flexibility index (Phi) is 13.5. The third kappa shape index (κ3) is 11.2. The average Bonchev–Trinajstić information content (AvgIpc) is 3.98. The van der Waals surface area contributed by atoms with Crippen LogP contribution in [0.2, 0.25) is 0 Å². The number of nitrogens with zero attached hydrogens (tertiary/aromatic N) is 12. The molecule has 0 aromatic carbocycles. The van der Waals surface area contributed by atoms with Gasteiger partial charge < -0.3 is 9.47 Å². The van der Waals surface area contributed by atoms with Gasteiger partial charge in [-0.15, -0.1) is 10.2 Å². The molecule has 0 amide bonds. The van der Waals surface area contributed by atoms with Crippen LogP contribution < -0.4 is 9.47 Å². The lowest BCUT2D eigenvalue weighted by atomic mass is 10.1. The first-order valence-electron chi connectivity index (χ1n) is 20.5. The number of hydrogen-bond donors (Lipinski definition) is 0. The second kappa shape index (κ2) is 20.5. The van der Waals surface area contributed by atoms with Gasteiger partial charge >= 0.3 is 0 Å². The molecule has 8 aromatic rings. The maximum absolute atomic E-state index is 6.18. The molecule has 0 aliphatic heterocycles. The van der Waals surface area contributed by atoms with Crippen molar-refractivity contribution in [3.05, 3.63) is 146 Å². The number of hydrogen-bond acceptors (Lipinski definition) is 12. The van der Waals surface area contributed by atoms with Crippen LogP contribution in [0.15, 0.2) is 134 Å². The third-order valence-corrected chi connectivity index (χ3v) is 9.78. The monoisotopic (exact) mass is 798 g/mol. The van der Waals surface area contributed by atoms with Gasteiger partial charge in [0, 0.05) is 62.1 Å². The number of ether oxygens (including phenoxy) is 2. The summed E-state index contributed by atoms with van der Waals surface area (Å²) < 4.78 is 16.2. The summed E-state index contributed by atoms with van der Waals surface area (Å²) in [7, 11) is 0. The number of rotatable bonds is 21. The van der Waals surface area contributed by atoms with E-state index in [4.69, 9.17) is 19.4 Å². The van der Waals surface area contributed by atoms with Gasteiger partial charge in [-0.3, -0.25) is 29.3 Å². The zero-order valence-electron chi connectivity index (χ0n) is 33.4. The summed E-state index contributed by atoms with van der Waals surface area (Å²) in [6.07, 6.45) is 20.3. The van der Waals surface area contributed by atoms with E-state index >= 15 is 0 Å². The Morgan fingerprint density at radius 2 is 0.717 bits per heavy atom. The molecule has 0 saturated heterocycles. The minimum Gasteiger partial charge on any atom is -0.487 e. The molecule has 8 aromatic heterocycles. The summed E-state index contributed by atoms with van der Waals surface area (Å²) in [4.78, 5) is 27.5. The summed E-state index contributed by atoms with van der Waals surface area (Å²) in [5.74, 6) is 1.34. The molecule has 0 aliphatic carbocycles. The quantitative estimate of drug-likeness (QED) is 0.0637. The summed E-state index contributed by atoms with van der Waals surface area (Å²) in [5.41, 5.74) is 7.49. The molecule has 0 bridgehead atoms. The summed E-state index contributed by atoms with van der Waals surface area (Å²) in [6.45, 7) is 2.27. The zero-order chi connectivity index (χ0) is 40.6. The molecule has 0 unspecified atom stereocenters. The van der Waals surface area contributed by atoms with Crippen molar-refractivity contribution in [1.82, 2.24) is 59.9 Å². The fraction of sp³-hybridized carbons (Fsp3) is 0.261. The molecule has 0 atom stereocenters. The van der Waals surface area contributed by atoms with Crippen LogP contribution >= 0.6 is 0 Å². The first-order valence-corrected chi connectivity index (χ1v) is 20.5. The summed E-state index contributed by atoms with van der Waals surface area (Å²) in [5, 5.41) is 17.4. The van der Waals surface area contributed by atoms with Gasteiger partial charge in [-0.2, -0.15) is 0 Å². The molecular weight excluding hydrogens is 753 g/mol. The Bertz CT molecular complexity index is 2220. The highest BCUT2D eigenvalue weighted by Gasteiger charge is 2.13. The smallest absolute Gasteiger partial charge is 0.134 e. The predicted molar refractivity (Wildman–Crippen MR) is 227 cm³/mol. The molecule has 0 fully saturated rings. The standard InChI is InChI=1S/C46H46N12O2/c1(3-5-15-25-57-31-35(53-55-57)33-59-37-27-43(39-17-7-11-21-47-39)51-44(28-37)40-18-8-12-22-48-40)2-4-6-16-26-58-32-36(54-56-58)34-60-38-29-45(41-19-9-13-23-49-41)52-46(30-38)42-20-10-14-24-50-42/h7-14,17-24,27-32H,1-6,15-16,25-26,33-34H2. The normalized spacial score (nSPS) is 11.1. The van der Waals surface area contributed by atoms with Crippen LogP contribution in [0.3, 0.4) is 0 Å². The zero-order valence-corrected chi connectivity index (χ0v) is 33.4. The van der Waals surface area contributed by atoms with E-state index in [1.54, 1.807) is 24.8 Å². The van der Waals surface area contributed by atoms with Gasteiger partial charge in [-0.05, 0) is 61.4 Å². The van der Waals surface area contributed by atoms with Crippen molar-refractivity contribution in [3.63, 3.8) is 0 Å². The Labute approximate surface area is 348 Å². The van der Waals surface area contributed by atoms with E-state index in [0.717, 1.165) is 95.7 Å². The van der Waals surface area contributed by atoms with Crippen molar-refractivity contribution in [1.29, 1.82) is 0 Å². The van der Waals surface area contributed by atoms with Gasteiger partial charge in [-0.25, -0.2) is 9.97 Å². The van der Waals surface area contributed by atoms with Crippen LogP contribution in [-0.2, 0) is 26.3 Å². The lowest BCUT2D eigenvalue weighted by Crippen LogP contribution is -2.00. The van der Waals surface area contributed by atoms with E-state index in [2.05, 4.69) is 40.6 Å². The van der Waals surface area contributed by atoms with E-state index in [0.29, 0.717) is 24.7 Å². The molecule has 8 heterocycles. The SMILES string of the molecule is c1ccc(-c2cc(OCc3cn(CCCCCCCCCCn4cc(COc5cc(-c6ccccn6)nc(-c6ccccn6)c5)nn4)nn3)cc(-c3ccccn3)n2)nc1. The molecule has 0 aliphatic rings. The maximum Gasteiger partial charge on any atom is 0.134 e. The van der Waals surface area contributed by atoms with E-state index in [1.807, 2.05) is 119 Å². The van der Waals surface area contributed by atoms with Crippen LogP contribution in [0, 0.1) is 0 Å². The molecule has 302 valence electrons. The number of aromatic nitrogens is 12. The van der Waals surface area contributed by atoms with Gasteiger partial charge in [0.2, 0.25) is 0 Å². The molecule has 14 nitrogen and oxygen atoms in total. The first-order chi connectivity index (χ1) is 29.7. The highest BCUT2D eigenvalue weighted by Crippen LogP contribution is 2.28. The second-order valence-electron chi connectivity index (χ2n) is 14.4. The van der Waals surface area contributed by atoms with Crippen LogP contribution in [0.1, 0.15) is 62.8 Å². The largest absolute Gasteiger partial charge is 0.487 e. The second-order valence-corrected chi connectivity index (χ2v) is 14.4. The van der Waals surface area contributed by atoms with Gasteiger partial charge in [0.1, 0.15) is 36.1 Å². The van der Waals surface area contributed by atoms with E-state index in [1.165, 1.54) is 25.7 Å². The Morgan fingerprint density at radius 1 is 0.383 bits per heavy atom. The maximum atomic E-state index is 6.18. The van der Waals surface area contributed by atoms with Gasteiger partial charge in [-0.1, -0.05) is 73.2 Å². The average molecular weight is 799 g/mol. The lowest BCUT2D eigenvalue weighted by molar-refractivity contribution is 0.301. The molecular formula is C46H46N12O2. The minimum atomic E-state index is 0.301. The fourth-order valence-corrected chi connectivity index (χ4v) is 6.71. The van der Waals surface area contributed by atoms with Crippen molar-refractivity contribution in [2.45, 2.75) is 77.7 Å². The Morgan fingerprint density at radius 3 is 1.03 bits per heavy atom. The van der Waals surface area contributed by atoms with Crippen molar-refractivity contribution in [2.24, 2.45) is 0 Å². The van der Waals surface area contributed by atoms with Crippen molar-refractivity contribution >= 4 is 0 Å². The topological polar surface area (TPSA) is 157 Å². The molecule has 0 spiro atoms.